The Bertz CT molecular complexity index is 3370. The summed E-state index contributed by atoms with van der Waals surface area (Å²) in [5.41, 5.74) is 21.3. The summed E-state index contributed by atoms with van der Waals surface area (Å²) in [6, 6.07) is 51.9. The molecule has 0 fully saturated rings. The van der Waals surface area contributed by atoms with Crippen LogP contribution in [0.2, 0.25) is 0 Å². The number of hydrogen-bond acceptors (Lipinski definition) is 0. The summed E-state index contributed by atoms with van der Waals surface area (Å²) in [5, 5.41) is 4.45. The van der Waals surface area contributed by atoms with Crippen molar-refractivity contribution in [1.82, 2.24) is 19.9 Å². The van der Waals surface area contributed by atoms with Crippen LogP contribution in [0.3, 0.4) is 0 Å². The molecule has 4 N–H and O–H groups in total. The molecule has 5 heterocycles. The Labute approximate surface area is 492 Å². The molecule has 4 nitrogen and oxygen atoms in total. The molecule has 2 aliphatic carbocycles. The maximum atomic E-state index is 4.04. The van der Waals surface area contributed by atoms with Crippen LogP contribution in [0.1, 0.15) is 264 Å². The highest BCUT2D eigenvalue weighted by Crippen LogP contribution is 2.58. The van der Waals surface area contributed by atoms with E-state index in [9.17, 15) is 0 Å². The van der Waals surface area contributed by atoms with Gasteiger partial charge in [-0.05, 0) is 142 Å². The minimum Gasteiger partial charge on any atom is -0.355 e. The van der Waals surface area contributed by atoms with E-state index >= 15 is 0 Å². The minimum absolute atomic E-state index is 0.0668. The summed E-state index contributed by atoms with van der Waals surface area (Å²) in [6.45, 7) is 9.32. The molecule has 3 aliphatic rings. The first-order chi connectivity index (χ1) is 40.5. The van der Waals surface area contributed by atoms with Crippen LogP contribution in [0.5, 0.6) is 0 Å². The fourth-order valence-electron chi connectivity index (χ4n) is 15.4. The highest BCUT2D eigenvalue weighted by Gasteiger charge is 2.46. The summed E-state index contributed by atoms with van der Waals surface area (Å²) >= 11 is 0. The fraction of sp³-hybridized carbons (Fsp3) is 0.436. The maximum absolute atomic E-state index is 4.04. The predicted molar refractivity (Wildman–Crippen MR) is 349 cm³/mol. The molecule has 428 valence electrons. The van der Waals surface area contributed by atoms with Crippen molar-refractivity contribution in [2.45, 2.75) is 218 Å². The Morgan fingerprint density at radius 2 is 0.610 bits per heavy atom. The maximum Gasteiger partial charge on any atom is 0.0485 e. The van der Waals surface area contributed by atoms with Gasteiger partial charge in [0.05, 0.1) is 0 Å². The Morgan fingerprint density at radius 1 is 0.280 bits per heavy atom. The second-order valence-electron chi connectivity index (χ2n) is 25.1. The van der Waals surface area contributed by atoms with Crippen molar-refractivity contribution >= 4 is 23.3 Å². The lowest BCUT2D eigenvalue weighted by Gasteiger charge is -2.35. The second kappa shape index (κ2) is 27.3. The molecule has 4 aromatic heterocycles. The highest BCUT2D eigenvalue weighted by molar-refractivity contribution is 5.92. The van der Waals surface area contributed by atoms with E-state index in [-0.39, 0.29) is 10.8 Å². The number of nitrogens with one attached hydrogen (secondary N) is 4. The molecule has 8 aromatic rings. The molecule has 0 saturated heterocycles. The molecular weight excluding hydrogens is 993 g/mol. The Morgan fingerprint density at radius 3 is 0.988 bits per heavy atom. The van der Waals surface area contributed by atoms with Gasteiger partial charge < -0.3 is 19.9 Å². The lowest BCUT2D eigenvalue weighted by molar-refractivity contribution is 0.397. The molecule has 0 spiro atoms. The van der Waals surface area contributed by atoms with E-state index in [0.717, 1.165) is 44.2 Å². The number of rotatable bonds is 30. The fourth-order valence-corrected chi connectivity index (χ4v) is 15.4. The zero-order valence-electron chi connectivity index (χ0n) is 50.7. The number of aromatic nitrogens is 4. The van der Waals surface area contributed by atoms with Crippen LogP contribution < -0.4 is 21.4 Å². The van der Waals surface area contributed by atoms with E-state index in [1.165, 1.54) is 235 Å². The monoisotopic (exact) mass is 1090 g/mol. The van der Waals surface area contributed by atoms with Crippen molar-refractivity contribution in [3.05, 3.63) is 211 Å². The first-order valence-electron chi connectivity index (χ1n) is 33.2. The SMILES string of the molecule is CCCCCCCCC1(CCCCCCCC)c2ccccc2-c2cccc(C3=c4ccc([nH]4)=Cc4ccc([nH]4)C(c4cccc5c4C(CCCCCCCC)(CCCCCCCC)c4ccccc4-5)=c4ccc([nH]4)=Cc4ccc3[nH]4)c21. The first-order valence-corrected chi connectivity index (χ1v) is 33.2. The standard InChI is InChI=1S/C78H96N4/c1-5-9-13-17-21-29-51-77(52-30-22-18-14-10-6-2)67-41-27-25-35-61(67)63-37-33-39-65(75(63)77)73-69-47-43-57(79-69)55-59-45-49-71(81-59)74(72-50-46-60(82-72)56-58-44-48-70(73)80-58)66-40-34-38-64-62-36-26-28-42-68(62)78(76(64)66,53-31-23-19-15-11-7-3)54-32-24-20-16-12-8-4/h25-28,33-50,55-56,79-82H,5-24,29-32,51-54H2,1-4H3. The summed E-state index contributed by atoms with van der Waals surface area (Å²) < 4.78 is 0. The van der Waals surface area contributed by atoms with Crippen molar-refractivity contribution < 1.29 is 0 Å². The van der Waals surface area contributed by atoms with Gasteiger partial charge in [-0.3, -0.25) is 0 Å². The molecular formula is C78H96N4. The number of unbranched alkanes of at least 4 members (excludes halogenated alkanes) is 20. The van der Waals surface area contributed by atoms with E-state index < -0.39 is 0 Å². The quantitative estimate of drug-likeness (QED) is 0.0324. The number of fused-ring (bicyclic) bond motifs is 14. The summed E-state index contributed by atoms with van der Waals surface area (Å²) in [4.78, 5) is 16.2. The molecule has 0 amide bonds. The van der Waals surface area contributed by atoms with Crippen molar-refractivity contribution in [3.8, 4) is 22.3 Å². The predicted octanol–water partition coefficient (Wildman–Crippen LogP) is 19.0. The van der Waals surface area contributed by atoms with Crippen molar-refractivity contribution in [1.29, 1.82) is 0 Å². The Hall–Kier alpha value is -6.52. The van der Waals surface area contributed by atoms with Crippen molar-refractivity contribution in [3.63, 3.8) is 0 Å². The normalized spacial score (nSPS) is 14.3. The van der Waals surface area contributed by atoms with Crippen LogP contribution in [-0.4, -0.2) is 19.9 Å². The third kappa shape index (κ3) is 12.0. The topological polar surface area (TPSA) is 63.2 Å². The van der Waals surface area contributed by atoms with Gasteiger partial charge in [0.1, 0.15) is 0 Å². The average molecular weight is 1090 g/mol. The van der Waals surface area contributed by atoms with Gasteiger partial charge in [0.25, 0.3) is 0 Å². The largest absolute Gasteiger partial charge is 0.355 e. The molecule has 0 atom stereocenters. The van der Waals surface area contributed by atoms with Gasteiger partial charge in [-0.1, -0.05) is 267 Å². The molecule has 4 aromatic carbocycles. The zero-order valence-corrected chi connectivity index (χ0v) is 50.7. The second-order valence-corrected chi connectivity index (χ2v) is 25.1. The summed E-state index contributed by atoms with van der Waals surface area (Å²) in [6.07, 6.45) is 40.6. The van der Waals surface area contributed by atoms with Crippen LogP contribution in [0.15, 0.2) is 133 Å². The van der Waals surface area contributed by atoms with Crippen LogP contribution in [0.25, 0.3) is 45.6 Å². The minimum atomic E-state index is -0.0668. The number of aromatic amines is 4. The van der Waals surface area contributed by atoms with Gasteiger partial charge in [0.2, 0.25) is 0 Å². The van der Waals surface area contributed by atoms with Crippen LogP contribution in [-0.2, 0) is 10.8 Å². The van der Waals surface area contributed by atoms with Crippen molar-refractivity contribution in [2.24, 2.45) is 0 Å². The zero-order chi connectivity index (χ0) is 56.1. The Balaban J connectivity index is 1.04. The van der Waals surface area contributed by atoms with Crippen molar-refractivity contribution in [2.75, 3.05) is 0 Å². The third-order valence-corrected chi connectivity index (χ3v) is 19.5. The van der Waals surface area contributed by atoms with Crippen LogP contribution >= 0.6 is 0 Å². The van der Waals surface area contributed by atoms with E-state index in [0.29, 0.717) is 0 Å². The van der Waals surface area contributed by atoms with E-state index in [4.69, 9.17) is 0 Å². The molecule has 0 unspecified atom stereocenters. The lowest BCUT2D eigenvalue weighted by atomic mass is 9.68. The van der Waals surface area contributed by atoms with E-state index in [2.05, 4.69) is 193 Å². The van der Waals surface area contributed by atoms with Gasteiger partial charge in [-0.15, -0.1) is 0 Å². The number of hydrogen-bond donors (Lipinski definition) is 4. The highest BCUT2D eigenvalue weighted by atomic mass is 14.8. The molecule has 8 bridgehead atoms. The van der Waals surface area contributed by atoms with Gasteiger partial charge in [-0.25, -0.2) is 0 Å². The molecule has 0 radical (unpaired) electrons. The first kappa shape index (κ1) is 57.3. The average Bonchev–Trinajstić information content (AvgIpc) is 4.58. The van der Waals surface area contributed by atoms with Gasteiger partial charge >= 0.3 is 0 Å². The van der Waals surface area contributed by atoms with Crippen LogP contribution in [0, 0.1) is 0 Å². The smallest absolute Gasteiger partial charge is 0.0485 e. The molecule has 82 heavy (non-hydrogen) atoms. The number of H-pyrrole nitrogens is 4. The summed E-state index contributed by atoms with van der Waals surface area (Å²) in [5.74, 6) is 0. The Kier molecular flexibility index (Phi) is 19.0. The van der Waals surface area contributed by atoms with Crippen LogP contribution in [0.4, 0.5) is 0 Å². The number of benzene rings is 4. The third-order valence-electron chi connectivity index (χ3n) is 19.5. The molecule has 0 saturated carbocycles. The molecule has 1 aliphatic heterocycles. The van der Waals surface area contributed by atoms with E-state index in [1.54, 1.807) is 11.1 Å². The van der Waals surface area contributed by atoms with Gasteiger partial charge in [-0.2, -0.15) is 0 Å². The lowest BCUT2D eigenvalue weighted by Crippen LogP contribution is -2.28. The van der Waals surface area contributed by atoms with Gasteiger partial charge in [0, 0.05) is 66.1 Å². The molecule has 4 heteroatoms. The van der Waals surface area contributed by atoms with Gasteiger partial charge in [0.15, 0.2) is 0 Å². The molecule has 11 rings (SSSR count). The summed E-state index contributed by atoms with van der Waals surface area (Å²) in [7, 11) is 0. The van der Waals surface area contributed by atoms with E-state index in [1.807, 2.05) is 0 Å².